The minimum Gasteiger partial charge on any atom is -0.472 e. The molecule has 1 atom stereocenters. The van der Waals surface area contributed by atoms with Crippen molar-refractivity contribution < 1.29 is 4.42 Å². The molecule has 0 aliphatic rings. The van der Waals surface area contributed by atoms with E-state index in [1.165, 1.54) is 16.7 Å². The fourth-order valence-corrected chi connectivity index (χ4v) is 2.70. The van der Waals surface area contributed by atoms with Gasteiger partial charge in [0.25, 0.3) is 0 Å². The van der Waals surface area contributed by atoms with Gasteiger partial charge in [-0.2, -0.15) is 0 Å². The van der Waals surface area contributed by atoms with Crippen LogP contribution in [0.15, 0.2) is 47.3 Å². The van der Waals surface area contributed by atoms with Gasteiger partial charge in [-0.3, -0.25) is 4.90 Å². The van der Waals surface area contributed by atoms with E-state index in [9.17, 15) is 0 Å². The molecule has 0 radical (unpaired) electrons. The Bertz CT molecular complexity index is 517. The van der Waals surface area contributed by atoms with Gasteiger partial charge in [-0.15, -0.1) is 0 Å². The maximum atomic E-state index is 5.99. The number of nitrogens with two attached hydrogens (primary N) is 1. The zero-order valence-corrected chi connectivity index (χ0v) is 13.3. The second-order valence-corrected chi connectivity index (χ2v) is 6.14. The predicted molar refractivity (Wildman–Crippen MR) is 87.0 cm³/mol. The number of furan rings is 1. The Morgan fingerprint density at radius 2 is 1.81 bits per heavy atom. The van der Waals surface area contributed by atoms with Gasteiger partial charge in [0, 0.05) is 24.7 Å². The first-order valence-corrected chi connectivity index (χ1v) is 7.60. The zero-order valence-electron chi connectivity index (χ0n) is 13.3. The van der Waals surface area contributed by atoms with Crippen molar-refractivity contribution in [2.75, 3.05) is 13.6 Å². The number of hydrogen-bond acceptors (Lipinski definition) is 3. The quantitative estimate of drug-likeness (QED) is 0.845. The van der Waals surface area contributed by atoms with E-state index in [0.29, 0.717) is 12.5 Å². The highest BCUT2D eigenvalue weighted by Crippen LogP contribution is 2.21. The van der Waals surface area contributed by atoms with Crippen molar-refractivity contribution in [3.05, 3.63) is 59.5 Å². The Kier molecular flexibility index (Phi) is 5.59. The maximum absolute atomic E-state index is 5.99. The van der Waals surface area contributed by atoms with Gasteiger partial charge >= 0.3 is 0 Å². The lowest BCUT2D eigenvalue weighted by Crippen LogP contribution is -2.30. The minimum absolute atomic E-state index is 0.230. The SMILES string of the molecule is CC(C)Cc1ccc(C(CN)N(C)Cc2ccoc2)cc1. The van der Waals surface area contributed by atoms with Crippen LogP contribution in [-0.2, 0) is 13.0 Å². The van der Waals surface area contributed by atoms with Crippen LogP contribution >= 0.6 is 0 Å². The van der Waals surface area contributed by atoms with Crippen molar-refractivity contribution in [1.29, 1.82) is 0 Å². The molecule has 0 bridgehead atoms. The predicted octanol–water partition coefficient (Wildman–Crippen LogP) is 3.61. The van der Waals surface area contributed by atoms with Gasteiger partial charge in [-0.25, -0.2) is 0 Å². The third kappa shape index (κ3) is 4.45. The average Bonchev–Trinajstić information content (AvgIpc) is 2.93. The molecule has 21 heavy (non-hydrogen) atoms. The Morgan fingerprint density at radius 1 is 1.10 bits per heavy atom. The van der Waals surface area contributed by atoms with Crippen LogP contribution in [0.3, 0.4) is 0 Å². The lowest BCUT2D eigenvalue weighted by molar-refractivity contribution is 0.241. The highest BCUT2D eigenvalue weighted by atomic mass is 16.3. The second kappa shape index (κ2) is 7.43. The average molecular weight is 286 g/mol. The third-order valence-corrected chi connectivity index (χ3v) is 3.78. The van der Waals surface area contributed by atoms with Gasteiger partial charge in [0.15, 0.2) is 0 Å². The molecule has 3 nitrogen and oxygen atoms in total. The number of benzene rings is 1. The minimum atomic E-state index is 0.230. The van der Waals surface area contributed by atoms with Crippen LogP contribution in [0.25, 0.3) is 0 Å². The monoisotopic (exact) mass is 286 g/mol. The number of hydrogen-bond donors (Lipinski definition) is 1. The lowest BCUT2D eigenvalue weighted by Gasteiger charge is -2.27. The van der Waals surface area contributed by atoms with Crippen LogP contribution in [0, 0.1) is 5.92 Å². The van der Waals surface area contributed by atoms with Crippen LogP contribution in [-0.4, -0.2) is 18.5 Å². The maximum Gasteiger partial charge on any atom is 0.0947 e. The molecule has 1 heterocycles. The van der Waals surface area contributed by atoms with Gasteiger partial charge in [-0.05, 0) is 36.6 Å². The smallest absolute Gasteiger partial charge is 0.0947 e. The highest BCUT2D eigenvalue weighted by Gasteiger charge is 2.16. The van der Waals surface area contributed by atoms with Gasteiger partial charge < -0.3 is 10.2 Å². The summed E-state index contributed by atoms with van der Waals surface area (Å²) in [6.07, 6.45) is 4.62. The van der Waals surface area contributed by atoms with E-state index in [0.717, 1.165) is 13.0 Å². The van der Waals surface area contributed by atoms with Crippen LogP contribution in [0.2, 0.25) is 0 Å². The Morgan fingerprint density at radius 3 is 2.33 bits per heavy atom. The molecule has 2 aromatic rings. The molecule has 1 aromatic heterocycles. The van der Waals surface area contributed by atoms with Crippen molar-refractivity contribution in [3.63, 3.8) is 0 Å². The van der Waals surface area contributed by atoms with Crippen molar-refractivity contribution in [3.8, 4) is 0 Å². The van der Waals surface area contributed by atoms with E-state index < -0.39 is 0 Å². The van der Waals surface area contributed by atoms with Gasteiger partial charge in [0.05, 0.1) is 12.5 Å². The molecule has 0 aliphatic carbocycles. The molecule has 0 aliphatic heterocycles. The molecular formula is C18H26N2O. The van der Waals surface area contributed by atoms with E-state index in [1.54, 1.807) is 12.5 Å². The summed E-state index contributed by atoms with van der Waals surface area (Å²) in [7, 11) is 2.10. The fourth-order valence-electron chi connectivity index (χ4n) is 2.70. The molecule has 0 spiro atoms. The van der Waals surface area contributed by atoms with Gasteiger partial charge in [0.2, 0.25) is 0 Å². The molecule has 0 amide bonds. The van der Waals surface area contributed by atoms with Crippen LogP contribution in [0.5, 0.6) is 0 Å². The zero-order chi connectivity index (χ0) is 15.2. The Labute approximate surface area is 127 Å². The van der Waals surface area contributed by atoms with Crippen molar-refractivity contribution in [2.24, 2.45) is 11.7 Å². The van der Waals surface area contributed by atoms with Crippen LogP contribution in [0.4, 0.5) is 0 Å². The molecule has 1 aromatic carbocycles. The third-order valence-electron chi connectivity index (χ3n) is 3.78. The summed E-state index contributed by atoms with van der Waals surface area (Å²) in [5, 5.41) is 0. The molecular weight excluding hydrogens is 260 g/mol. The lowest BCUT2D eigenvalue weighted by atomic mass is 9.99. The van der Waals surface area contributed by atoms with Crippen molar-refractivity contribution >= 4 is 0 Å². The molecule has 3 heteroatoms. The molecule has 114 valence electrons. The summed E-state index contributed by atoms with van der Waals surface area (Å²) in [6, 6.07) is 11.1. The summed E-state index contributed by atoms with van der Waals surface area (Å²) in [4.78, 5) is 2.27. The van der Waals surface area contributed by atoms with E-state index >= 15 is 0 Å². The standard InChI is InChI=1S/C18H26N2O/c1-14(2)10-15-4-6-17(7-5-15)18(11-19)20(3)12-16-8-9-21-13-16/h4-9,13-14,18H,10-12,19H2,1-3H3. The molecule has 2 rings (SSSR count). The molecule has 0 saturated heterocycles. The van der Waals surface area contributed by atoms with Crippen molar-refractivity contribution in [2.45, 2.75) is 32.9 Å². The van der Waals surface area contributed by atoms with E-state index in [4.69, 9.17) is 10.2 Å². The van der Waals surface area contributed by atoms with Crippen molar-refractivity contribution in [1.82, 2.24) is 4.90 Å². The topological polar surface area (TPSA) is 42.4 Å². The first-order chi connectivity index (χ1) is 10.1. The summed E-state index contributed by atoms with van der Waals surface area (Å²) in [6.45, 7) is 5.94. The summed E-state index contributed by atoms with van der Waals surface area (Å²) >= 11 is 0. The largest absolute Gasteiger partial charge is 0.472 e. The van der Waals surface area contributed by atoms with E-state index in [2.05, 4.69) is 50.1 Å². The summed E-state index contributed by atoms with van der Waals surface area (Å²) in [5.74, 6) is 0.685. The summed E-state index contributed by atoms with van der Waals surface area (Å²) in [5.41, 5.74) is 9.83. The molecule has 0 saturated carbocycles. The van der Waals surface area contributed by atoms with Gasteiger partial charge in [0.1, 0.15) is 0 Å². The first-order valence-electron chi connectivity index (χ1n) is 7.60. The normalized spacial score (nSPS) is 13.0. The number of likely N-dealkylation sites (N-methyl/N-ethyl adjacent to an activating group) is 1. The number of rotatable bonds is 7. The molecule has 0 fully saturated rings. The first kappa shape index (κ1) is 15.8. The second-order valence-electron chi connectivity index (χ2n) is 6.14. The highest BCUT2D eigenvalue weighted by molar-refractivity contribution is 5.26. The van der Waals surface area contributed by atoms with E-state index in [-0.39, 0.29) is 6.04 Å². The Hall–Kier alpha value is -1.58. The van der Waals surface area contributed by atoms with E-state index in [1.807, 2.05) is 6.07 Å². The van der Waals surface area contributed by atoms with Gasteiger partial charge in [-0.1, -0.05) is 38.1 Å². The molecule has 1 unspecified atom stereocenters. The van der Waals surface area contributed by atoms with Crippen LogP contribution < -0.4 is 5.73 Å². The number of nitrogens with zero attached hydrogens (tertiary/aromatic N) is 1. The summed E-state index contributed by atoms with van der Waals surface area (Å²) < 4.78 is 5.13. The fraction of sp³-hybridized carbons (Fsp3) is 0.444. The Balaban J connectivity index is 2.05. The van der Waals surface area contributed by atoms with Crippen LogP contribution in [0.1, 0.15) is 36.6 Å². The molecule has 2 N–H and O–H groups in total.